The van der Waals surface area contributed by atoms with Crippen molar-refractivity contribution >= 4 is 11.9 Å². The molecule has 0 spiro atoms. The normalized spacial score (nSPS) is 12.8. The Balaban J connectivity index is 4.09. The van der Waals surface area contributed by atoms with E-state index in [1.807, 2.05) is 13.8 Å². The Morgan fingerprint density at radius 2 is 1.88 bits per heavy atom. The molecule has 0 bridgehead atoms. The summed E-state index contributed by atoms with van der Waals surface area (Å²) in [6.07, 6.45) is 2.91. The maximum absolute atomic E-state index is 11.3. The number of esters is 2. The molecule has 0 aromatic heterocycles. The van der Waals surface area contributed by atoms with E-state index in [0.717, 1.165) is 0 Å². The van der Waals surface area contributed by atoms with Crippen LogP contribution in [0.2, 0.25) is 0 Å². The van der Waals surface area contributed by atoms with Crippen LogP contribution in [0.1, 0.15) is 13.8 Å². The SMILES string of the molecule is COC(=O)C=CCN[C@H](C(=O)OC)C(C)C. The summed E-state index contributed by atoms with van der Waals surface area (Å²) in [6.45, 7) is 4.24. The number of carbonyl (C=O) groups is 2. The van der Waals surface area contributed by atoms with E-state index in [9.17, 15) is 9.59 Å². The molecule has 0 radical (unpaired) electrons. The van der Waals surface area contributed by atoms with Crippen LogP contribution >= 0.6 is 0 Å². The summed E-state index contributed by atoms with van der Waals surface area (Å²) >= 11 is 0. The van der Waals surface area contributed by atoms with Crippen LogP contribution in [0.25, 0.3) is 0 Å². The highest BCUT2D eigenvalue weighted by atomic mass is 16.5. The van der Waals surface area contributed by atoms with E-state index in [0.29, 0.717) is 6.54 Å². The second-order valence-corrected chi connectivity index (χ2v) is 3.58. The van der Waals surface area contributed by atoms with Crippen molar-refractivity contribution in [3.05, 3.63) is 12.2 Å². The molecule has 0 amide bonds. The van der Waals surface area contributed by atoms with E-state index in [2.05, 4.69) is 14.8 Å². The van der Waals surface area contributed by atoms with Gasteiger partial charge in [0.2, 0.25) is 0 Å². The number of ether oxygens (including phenoxy) is 2. The summed E-state index contributed by atoms with van der Waals surface area (Å²) in [5.41, 5.74) is 0. The third kappa shape index (κ3) is 5.50. The molecule has 0 aliphatic carbocycles. The van der Waals surface area contributed by atoms with Gasteiger partial charge in [0.15, 0.2) is 0 Å². The van der Waals surface area contributed by atoms with Crippen molar-refractivity contribution in [2.24, 2.45) is 5.92 Å². The fourth-order valence-electron chi connectivity index (χ4n) is 1.14. The summed E-state index contributed by atoms with van der Waals surface area (Å²) in [7, 11) is 2.66. The lowest BCUT2D eigenvalue weighted by Gasteiger charge is -2.18. The van der Waals surface area contributed by atoms with Gasteiger partial charge in [-0.2, -0.15) is 0 Å². The summed E-state index contributed by atoms with van der Waals surface area (Å²) in [5.74, 6) is -0.596. The van der Waals surface area contributed by atoms with E-state index in [1.165, 1.54) is 20.3 Å². The van der Waals surface area contributed by atoms with E-state index in [4.69, 9.17) is 0 Å². The van der Waals surface area contributed by atoms with Crippen molar-refractivity contribution < 1.29 is 19.1 Å². The predicted octanol–water partition coefficient (Wildman–Crippen LogP) is 0.503. The Kier molecular flexibility index (Phi) is 7.20. The van der Waals surface area contributed by atoms with Crippen LogP contribution in [-0.4, -0.2) is 38.7 Å². The average molecular weight is 229 g/mol. The van der Waals surface area contributed by atoms with Crippen LogP contribution in [0.4, 0.5) is 0 Å². The number of methoxy groups -OCH3 is 2. The minimum Gasteiger partial charge on any atom is -0.468 e. The Hall–Kier alpha value is -1.36. The number of rotatable bonds is 6. The average Bonchev–Trinajstić information content (AvgIpc) is 2.27. The molecule has 0 aliphatic heterocycles. The second-order valence-electron chi connectivity index (χ2n) is 3.58. The number of hydrogen-bond acceptors (Lipinski definition) is 5. The lowest BCUT2D eigenvalue weighted by Crippen LogP contribution is -2.41. The smallest absolute Gasteiger partial charge is 0.330 e. The van der Waals surface area contributed by atoms with Crippen LogP contribution < -0.4 is 5.32 Å². The predicted molar refractivity (Wildman–Crippen MR) is 59.8 cm³/mol. The van der Waals surface area contributed by atoms with Crippen LogP contribution in [0.5, 0.6) is 0 Å². The lowest BCUT2D eigenvalue weighted by molar-refractivity contribution is -0.144. The van der Waals surface area contributed by atoms with E-state index < -0.39 is 5.97 Å². The molecule has 16 heavy (non-hydrogen) atoms. The van der Waals surface area contributed by atoms with Gasteiger partial charge >= 0.3 is 11.9 Å². The first-order valence-electron chi connectivity index (χ1n) is 5.08. The fourth-order valence-corrected chi connectivity index (χ4v) is 1.14. The van der Waals surface area contributed by atoms with Gasteiger partial charge in [0.25, 0.3) is 0 Å². The molecule has 0 rings (SSSR count). The highest BCUT2D eigenvalue weighted by molar-refractivity contribution is 5.81. The van der Waals surface area contributed by atoms with E-state index in [1.54, 1.807) is 6.08 Å². The first-order chi connectivity index (χ1) is 7.52. The van der Waals surface area contributed by atoms with Crippen molar-refractivity contribution in [1.29, 1.82) is 0 Å². The Morgan fingerprint density at radius 1 is 1.25 bits per heavy atom. The summed E-state index contributed by atoms with van der Waals surface area (Å²) < 4.78 is 9.08. The van der Waals surface area contributed by atoms with Crippen LogP contribution in [-0.2, 0) is 19.1 Å². The van der Waals surface area contributed by atoms with Gasteiger partial charge in [0.1, 0.15) is 6.04 Å². The molecule has 92 valence electrons. The zero-order chi connectivity index (χ0) is 12.6. The largest absolute Gasteiger partial charge is 0.468 e. The van der Waals surface area contributed by atoms with Crippen molar-refractivity contribution in [2.75, 3.05) is 20.8 Å². The molecule has 0 fully saturated rings. The zero-order valence-electron chi connectivity index (χ0n) is 10.1. The highest BCUT2D eigenvalue weighted by Gasteiger charge is 2.21. The summed E-state index contributed by atoms with van der Waals surface area (Å²) in [4.78, 5) is 22.1. The molecule has 0 saturated heterocycles. The van der Waals surface area contributed by atoms with Crippen LogP contribution in [0.3, 0.4) is 0 Å². The second kappa shape index (κ2) is 7.87. The van der Waals surface area contributed by atoms with Gasteiger partial charge in [0.05, 0.1) is 14.2 Å². The maximum Gasteiger partial charge on any atom is 0.330 e. The van der Waals surface area contributed by atoms with Crippen LogP contribution in [0, 0.1) is 5.92 Å². The quantitative estimate of drug-likeness (QED) is 0.531. The molecule has 0 heterocycles. The number of hydrogen-bond donors (Lipinski definition) is 1. The molecule has 0 unspecified atom stereocenters. The van der Waals surface area contributed by atoms with Crippen molar-refractivity contribution in [3.63, 3.8) is 0 Å². The van der Waals surface area contributed by atoms with Gasteiger partial charge in [-0.25, -0.2) is 4.79 Å². The van der Waals surface area contributed by atoms with Gasteiger partial charge in [-0.05, 0) is 5.92 Å². The van der Waals surface area contributed by atoms with Crippen molar-refractivity contribution in [1.82, 2.24) is 5.32 Å². The van der Waals surface area contributed by atoms with Gasteiger partial charge < -0.3 is 14.8 Å². The fraction of sp³-hybridized carbons (Fsp3) is 0.636. The monoisotopic (exact) mass is 229 g/mol. The standard InChI is InChI=1S/C11H19NO4/c1-8(2)10(11(14)16-4)12-7-5-6-9(13)15-3/h5-6,8,10,12H,7H2,1-4H3/t10-/m0/s1. The Bertz CT molecular complexity index is 261. The summed E-state index contributed by atoms with van der Waals surface area (Å²) in [6, 6.07) is -0.368. The Labute approximate surface area is 95.8 Å². The van der Waals surface area contributed by atoms with Crippen molar-refractivity contribution in [2.45, 2.75) is 19.9 Å². The minimum atomic E-state index is -0.416. The number of nitrogens with one attached hydrogen (secondary N) is 1. The lowest BCUT2D eigenvalue weighted by atomic mass is 10.0. The molecule has 1 atom stereocenters. The van der Waals surface area contributed by atoms with Crippen molar-refractivity contribution in [3.8, 4) is 0 Å². The van der Waals surface area contributed by atoms with Crippen LogP contribution in [0.15, 0.2) is 12.2 Å². The molecule has 5 heteroatoms. The first-order valence-corrected chi connectivity index (χ1v) is 5.08. The molecule has 5 nitrogen and oxygen atoms in total. The number of carbonyl (C=O) groups excluding carboxylic acids is 2. The molecular formula is C11H19NO4. The third-order valence-electron chi connectivity index (χ3n) is 2.03. The van der Waals surface area contributed by atoms with Gasteiger partial charge in [-0.1, -0.05) is 19.9 Å². The molecule has 0 aromatic rings. The highest BCUT2D eigenvalue weighted by Crippen LogP contribution is 2.02. The molecule has 0 saturated carbocycles. The molecular weight excluding hydrogens is 210 g/mol. The summed E-state index contributed by atoms with van der Waals surface area (Å²) in [5, 5.41) is 2.98. The topological polar surface area (TPSA) is 64.6 Å². The molecule has 0 aromatic carbocycles. The van der Waals surface area contributed by atoms with Gasteiger partial charge in [-0.3, -0.25) is 4.79 Å². The molecule has 1 N–H and O–H groups in total. The minimum absolute atomic E-state index is 0.124. The van der Waals surface area contributed by atoms with E-state index >= 15 is 0 Å². The third-order valence-corrected chi connectivity index (χ3v) is 2.03. The van der Waals surface area contributed by atoms with Gasteiger partial charge in [0, 0.05) is 12.6 Å². The van der Waals surface area contributed by atoms with Gasteiger partial charge in [-0.15, -0.1) is 0 Å². The first kappa shape index (κ1) is 14.6. The maximum atomic E-state index is 11.3. The molecule has 0 aliphatic rings. The van der Waals surface area contributed by atoms with E-state index in [-0.39, 0.29) is 17.9 Å². The zero-order valence-corrected chi connectivity index (χ0v) is 10.1. The Morgan fingerprint density at radius 3 is 2.31 bits per heavy atom.